The summed E-state index contributed by atoms with van der Waals surface area (Å²) >= 11 is 12.0. The van der Waals surface area contributed by atoms with Crippen LogP contribution in [-0.4, -0.2) is 6.61 Å². The smallest absolute Gasteiger partial charge is 0.0930 e. The second-order valence-electron chi connectivity index (χ2n) is 7.08. The third-order valence-electron chi connectivity index (χ3n) is 4.62. The predicted molar refractivity (Wildman–Crippen MR) is 104 cm³/mol. The number of halogens is 2. The Morgan fingerprint density at radius 3 is 2.58 bits per heavy atom. The monoisotopic (exact) mass is 367 g/mol. The van der Waals surface area contributed by atoms with E-state index in [1.807, 2.05) is 24.3 Å². The zero-order valence-electron chi connectivity index (χ0n) is 14.8. The topological polar surface area (TPSA) is 21.3 Å². The average molecular weight is 368 g/mol. The summed E-state index contributed by atoms with van der Waals surface area (Å²) in [5.41, 5.74) is 7.32. The highest BCUT2D eigenvalue weighted by Gasteiger charge is 2.24. The van der Waals surface area contributed by atoms with Crippen molar-refractivity contribution >= 4 is 29.3 Å². The van der Waals surface area contributed by atoms with Crippen molar-refractivity contribution in [3.63, 3.8) is 0 Å². The Labute approximate surface area is 155 Å². The standard InChI is InChI=1S/C20H27Cl2NO/c1-4-19(16-9-11-20(2,3)12-10-16)23-24-13-5-6-15-7-8-17(21)14-18(15)22/h5-8,14,23H,4,9-13H2,1-3H3. The minimum atomic E-state index is 0.476. The van der Waals surface area contributed by atoms with Gasteiger partial charge in [-0.25, -0.2) is 0 Å². The zero-order valence-corrected chi connectivity index (χ0v) is 16.3. The average Bonchev–Trinajstić information content (AvgIpc) is 2.53. The molecule has 1 aliphatic carbocycles. The van der Waals surface area contributed by atoms with Crippen LogP contribution in [0, 0.1) is 5.41 Å². The first kappa shape index (κ1) is 19.4. The van der Waals surface area contributed by atoms with Gasteiger partial charge in [-0.3, -0.25) is 10.3 Å². The number of hydroxylamine groups is 1. The molecular weight excluding hydrogens is 341 g/mol. The molecule has 0 amide bonds. The van der Waals surface area contributed by atoms with Crippen molar-refractivity contribution in [2.24, 2.45) is 5.41 Å². The van der Waals surface area contributed by atoms with Crippen molar-refractivity contribution in [2.75, 3.05) is 6.61 Å². The lowest BCUT2D eigenvalue weighted by Crippen LogP contribution is -2.21. The molecule has 0 radical (unpaired) electrons. The lowest BCUT2D eigenvalue weighted by molar-refractivity contribution is 0.0822. The first-order valence-corrected chi connectivity index (χ1v) is 9.37. The lowest BCUT2D eigenvalue weighted by atomic mass is 9.75. The molecule has 2 rings (SSSR count). The predicted octanol–water partition coefficient (Wildman–Crippen LogP) is 6.79. The number of benzene rings is 1. The van der Waals surface area contributed by atoms with Crippen LogP contribution in [0.2, 0.25) is 10.0 Å². The maximum absolute atomic E-state index is 6.14. The van der Waals surface area contributed by atoms with Crippen LogP contribution >= 0.6 is 23.2 Å². The molecule has 1 aromatic carbocycles. The molecule has 1 aliphatic rings. The minimum absolute atomic E-state index is 0.476. The van der Waals surface area contributed by atoms with Crippen molar-refractivity contribution in [2.45, 2.75) is 52.9 Å². The van der Waals surface area contributed by atoms with Crippen molar-refractivity contribution in [3.05, 3.63) is 51.2 Å². The third-order valence-corrected chi connectivity index (χ3v) is 5.18. The molecule has 1 aromatic rings. The first-order chi connectivity index (χ1) is 11.4. The van der Waals surface area contributed by atoms with Gasteiger partial charge >= 0.3 is 0 Å². The van der Waals surface area contributed by atoms with Gasteiger partial charge in [-0.1, -0.05) is 62.2 Å². The highest BCUT2D eigenvalue weighted by molar-refractivity contribution is 6.35. The van der Waals surface area contributed by atoms with Crippen LogP contribution in [0.4, 0.5) is 0 Å². The van der Waals surface area contributed by atoms with E-state index in [0.717, 1.165) is 12.0 Å². The van der Waals surface area contributed by atoms with Gasteiger partial charge in [0.1, 0.15) is 0 Å². The Morgan fingerprint density at radius 1 is 1.25 bits per heavy atom. The number of allylic oxidation sites excluding steroid dienone is 2. The summed E-state index contributed by atoms with van der Waals surface area (Å²) in [5, 5.41) is 1.29. The van der Waals surface area contributed by atoms with Crippen LogP contribution in [0.25, 0.3) is 6.08 Å². The van der Waals surface area contributed by atoms with Gasteiger partial charge in [0, 0.05) is 15.7 Å². The molecule has 0 saturated heterocycles. The van der Waals surface area contributed by atoms with Crippen LogP contribution in [0.15, 0.2) is 35.5 Å². The first-order valence-electron chi connectivity index (χ1n) is 8.61. The van der Waals surface area contributed by atoms with E-state index in [4.69, 9.17) is 28.0 Å². The van der Waals surface area contributed by atoms with E-state index >= 15 is 0 Å². The molecule has 24 heavy (non-hydrogen) atoms. The highest BCUT2D eigenvalue weighted by atomic mass is 35.5. The largest absolute Gasteiger partial charge is 0.272 e. The van der Waals surface area contributed by atoms with E-state index in [2.05, 4.69) is 26.3 Å². The van der Waals surface area contributed by atoms with Gasteiger partial charge < -0.3 is 0 Å². The zero-order chi connectivity index (χ0) is 17.6. The summed E-state index contributed by atoms with van der Waals surface area (Å²) < 4.78 is 0. The molecule has 0 bridgehead atoms. The Kier molecular flexibility index (Phi) is 7.21. The molecular formula is C20H27Cl2NO. The molecule has 0 atom stereocenters. The second kappa shape index (κ2) is 8.94. The third kappa shape index (κ3) is 5.84. The SMILES string of the molecule is CCC(NOCC=Cc1ccc(Cl)cc1Cl)=C1CCC(C)(C)CC1. The van der Waals surface area contributed by atoms with Gasteiger partial charge in [-0.15, -0.1) is 0 Å². The van der Waals surface area contributed by atoms with Gasteiger partial charge in [-0.05, 0) is 60.8 Å². The Balaban J connectivity index is 1.83. The summed E-state index contributed by atoms with van der Waals surface area (Å²) in [4.78, 5) is 5.61. The molecule has 1 saturated carbocycles. The number of hydrogen-bond acceptors (Lipinski definition) is 2. The van der Waals surface area contributed by atoms with Gasteiger partial charge in [0.05, 0.1) is 6.61 Å². The highest BCUT2D eigenvalue weighted by Crippen LogP contribution is 2.38. The van der Waals surface area contributed by atoms with Gasteiger partial charge in [-0.2, -0.15) is 0 Å². The molecule has 4 heteroatoms. The molecule has 0 unspecified atom stereocenters. The van der Waals surface area contributed by atoms with E-state index in [-0.39, 0.29) is 0 Å². The lowest BCUT2D eigenvalue weighted by Gasteiger charge is -2.32. The molecule has 1 fully saturated rings. The minimum Gasteiger partial charge on any atom is -0.272 e. The van der Waals surface area contributed by atoms with E-state index in [0.29, 0.717) is 22.1 Å². The van der Waals surface area contributed by atoms with Crippen molar-refractivity contribution < 1.29 is 4.84 Å². The molecule has 0 aliphatic heterocycles. The second-order valence-corrected chi connectivity index (χ2v) is 7.92. The van der Waals surface area contributed by atoms with Crippen LogP contribution in [0.3, 0.4) is 0 Å². The molecule has 2 nitrogen and oxygen atoms in total. The van der Waals surface area contributed by atoms with E-state index in [9.17, 15) is 0 Å². The summed E-state index contributed by atoms with van der Waals surface area (Å²) in [7, 11) is 0. The summed E-state index contributed by atoms with van der Waals surface area (Å²) in [6.45, 7) is 7.36. The number of nitrogens with one attached hydrogen (secondary N) is 1. The van der Waals surface area contributed by atoms with E-state index in [1.165, 1.54) is 37.0 Å². The number of hydrogen-bond donors (Lipinski definition) is 1. The van der Waals surface area contributed by atoms with Gasteiger partial charge in [0.25, 0.3) is 0 Å². The molecule has 0 spiro atoms. The molecule has 0 aromatic heterocycles. The Hall–Kier alpha value is -0.960. The van der Waals surface area contributed by atoms with E-state index < -0.39 is 0 Å². The van der Waals surface area contributed by atoms with Crippen LogP contribution in [0.5, 0.6) is 0 Å². The number of rotatable bonds is 6. The van der Waals surface area contributed by atoms with E-state index in [1.54, 1.807) is 6.07 Å². The molecule has 1 N–H and O–H groups in total. The van der Waals surface area contributed by atoms with Crippen molar-refractivity contribution in [1.29, 1.82) is 0 Å². The maximum atomic E-state index is 6.14. The van der Waals surface area contributed by atoms with Crippen molar-refractivity contribution in [3.8, 4) is 0 Å². The maximum Gasteiger partial charge on any atom is 0.0930 e. The summed E-state index contributed by atoms with van der Waals surface area (Å²) in [6.07, 6.45) is 9.71. The van der Waals surface area contributed by atoms with Crippen molar-refractivity contribution in [1.82, 2.24) is 5.48 Å². The fraction of sp³-hybridized carbons (Fsp3) is 0.500. The normalized spacial score (nSPS) is 17.3. The summed E-state index contributed by atoms with van der Waals surface area (Å²) in [5.74, 6) is 0. The van der Waals surface area contributed by atoms with Gasteiger partial charge in [0.2, 0.25) is 0 Å². The molecule has 0 heterocycles. The molecule has 132 valence electrons. The van der Waals surface area contributed by atoms with Crippen LogP contribution < -0.4 is 5.48 Å². The Morgan fingerprint density at radius 2 is 1.96 bits per heavy atom. The van der Waals surface area contributed by atoms with Crippen LogP contribution in [-0.2, 0) is 4.84 Å². The fourth-order valence-corrected chi connectivity index (χ4v) is 3.38. The quantitative estimate of drug-likeness (QED) is 0.441. The van der Waals surface area contributed by atoms with Crippen LogP contribution in [0.1, 0.15) is 58.4 Å². The summed E-state index contributed by atoms with van der Waals surface area (Å²) in [6, 6.07) is 5.47. The Bertz CT molecular complexity index is 608. The fourth-order valence-electron chi connectivity index (χ4n) is 2.91. The van der Waals surface area contributed by atoms with Gasteiger partial charge in [0.15, 0.2) is 0 Å².